The van der Waals surface area contributed by atoms with Gasteiger partial charge in [-0.1, -0.05) is 13.8 Å². The van der Waals surface area contributed by atoms with Crippen LogP contribution in [0.15, 0.2) is 30.3 Å². The summed E-state index contributed by atoms with van der Waals surface area (Å²) in [5.74, 6) is -4.26. The van der Waals surface area contributed by atoms with Crippen molar-refractivity contribution in [3.8, 4) is 11.5 Å². The van der Waals surface area contributed by atoms with Gasteiger partial charge in [0.25, 0.3) is 0 Å². The van der Waals surface area contributed by atoms with Gasteiger partial charge < -0.3 is 9.53 Å². The zero-order chi connectivity index (χ0) is 21.7. The molecule has 0 aliphatic rings. The van der Waals surface area contributed by atoms with E-state index in [-0.39, 0.29) is 23.8 Å². The van der Waals surface area contributed by atoms with E-state index in [2.05, 4.69) is 0 Å². The van der Waals surface area contributed by atoms with Crippen molar-refractivity contribution in [1.82, 2.24) is 0 Å². The monoisotopic (exact) mass is 414 g/mol. The Balaban J connectivity index is 0.00000190. The molecule has 0 spiro atoms. The van der Waals surface area contributed by atoms with Gasteiger partial charge >= 0.3 is 12.4 Å². The minimum Gasteiger partial charge on any atom is -0.454 e. The number of aldehydes is 1. The number of carbonyl (C=O) groups excluding carboxylic acids is 1. The van der Waals surface area contributed by atoms with Crippen LogP contribution in [0.3, 0.4) is 0 Å². The Hall–Kier alpha value is -2.65. The Labute approximate surface area is 154 Å². The summed E-state index contributed by atoms with van der Waals surface area (Å²) in [5, 5.41) is 0. The van der Waals surface area contributed by atoms with E-state index >= 15 is 0 Å². The van der Waals surface area contributed by atoms with Gasteiger partial charge in [-0.3, -0.25) is 0 Å². The number of hydrogen-bond acceptors (Lipinski definition) is 2. The highest BCUT2D eigenvalue weighted by atomic mass is 19.4. The normalized spacial score (nSPS) is 11.5. The average molecular weight is 414 g/mol. The molecule has 0 heterocycles. The number of carbonyl (C=O) groups is 1. The Morgan fingerprint density at radius 2 is 1.32 bits per heavy atom. The standard InChI is InChI=1S/C16H8F8O2.C2H6/c17-12-7-14(13(18)3-8(12)1-2-25)26-11-5-9(15(19,20)21)4-10(6-11)16(22,23)24;1-2/h2-7H,1H2;1-2H3. The topological polar surface area (TPSA) is 26.3 Å². The van der Waals surface area contributed by atoms with E-state index in [0.29, 0.717) is 18.4 Å². The molecule has 0 N–H and O–H groups in total. The van der Waals surface area contributed by atoms with Crippen LogP contribution in [0, 0.1) is 11.6 Å². The van der Waals surface area contributed by atoms with Crippen molar-refractivity contribution in [2.75, 3.05) is 0 Å². The molecule has 2 aromatic rings. The first-order valence-electron chi connectivity index (χ1n) is 7.80. The van der Waals surface area contributed by atoms with E-state index in [1.807, 2.05) is 13.8 Å². The van der Waals surface area contributed by atoms with Gasteiger partial charge in [0.15, 0.2) is 11.6 Å². The summed E-state index contributed by atoms with van der Waals surface area (Å²) in [4.78, 5) is 10.3. The smallest absolute Gasteiger partial charge is 0.416 e. The van der Waals surface area contributed by atoms with Crippen molar-refractivity contribution in [3.63, 3.8) is 0 Å². The highest BCUT2D eigenvalue weighted by Crippen LogP contribution is 2.39. The number of ether oxygens (including phenoxy) is 1. The minimum atomic E-state index is -5.11. The van der Waals surface area contributed by atoms with Gasteiger partial charge in [-0.15, -0.1) is 0 Å². The van der Waals surface area contributed by atoms with Crippen molar-refractivity contribution in [2.24, 2.45) is 0 Å². The van der Waals surface area contributed by atoms with Gasteiger partial charge in [-0.05, 0) is 29.8 Å². The Bertz CT molecular complexity index is 793. The number of hydrogen-bond donors (Lipinski definition) is 0. The fourth-order valence-electron chi connectivity index (χ4n) is 2.01. The second-order valence-corrected chi connectivity index (χ2v) is 5.09. The maximum Gasteiger partial charge on any atom is 0.416 e. The van der Waals surface area contributed by atoms with Crippen LogP contribution in [0.2, 0.25) is 0 Å². The highest BCUT2D eigenvalue weighted by molar-refractivity contribution is 5.55. The Morgan fingerprint density at radius 3 is 1.75 bits per heavy atom. The predicted molar refractivity (Wildman–Crippen MR) is 84.0 cm³/mol. The summed E-state index contributed by atoms with van der Waals surface area (Å²) >= 11 is 0. The molecule has 0 aromatic heterocycles. The molecule has 0 aliphatic heterocycles. The maximum absolute atomic E-state index is 13.9. The molecule has 2 nitrogen and oxygen atoms in total. The van der Waals surface area contributed by atoms with E-state index in [4.69, 9.17) is 4.74 Å². The summed E-state index contributed by atoms with van der Waals surface area (Å²) in [6.07, 6.45) is -10.4. The molecule has 154 valence electrons. The quantitative estimate of drug-likeness (QED) is 0.418. The molecule has 2 aromatic carbocycles. The van der Waals surface area contributed by atoms with Crippen LogP contribution in [-0.4, -0.2) is 6.29 Å². The molecule has 0 saturated heterocycles. The molecule has 0 fully saturated rings. The van der Waals surface area contributed by atoms with E-state index < -0.39 is 53.0 Å². The zero-order valence-electron chi connectivity index (χ0n) is 14.5. The van der Waals surface area contributed by atoms with Crippen LogP contribution in [0.25, 0.3) is 0 Å². The maximum atomic E-state index is 13.9. The van der Waals surface area contributed by atoms with E-state index in [0.717, 1.165) is 0 Å². The van der Waals surface area contributed by atoms with Crippen LogP contribution in [0.4, 0.5) is 35.1 Å². The summed E-state index contributed by atoms with van der Waals surface area (Å²) in [5.41, 5.74) is -3.67. The molecule has 0 amide bonds. The first-order valence-corrected chi connectivity index (χ1v) is 7.80. The summed E-state index contributed by atoms with van der Waals surface area (Å²) in [6.45, 7) is 4.00. The van der Waals surface area contributed by atoms with Crippen LogP contribution in [-0.2, 0) is 23.6 Å². The second kappa shape index (κ2) is 9.03. The van der Waals surface area contributed by atoms with Crippen LogP contribution in [0.5, 0.6) is 11.5 Å². The van der Waals surface area contributed by atoms with Crippen molar-refractivity contribution in [2.45, 2.75) is 32.6 Å². The van der Waals surface area contributed by atoms with Crippen molar-refractivity contribution in [1.29, 1.82) is 0 Å². The van der Waals surface area contributed by atoms with Crippen molar-refractivity contribution >= 4 is 6.29 Å². The second-order valence-electron chi connectivity index (χ2n) is 5.09. The predicted octanol–water partition coefficient (Wildman–Crippen LogP) is 6.56. The summed E-state index contributed by atoms with van der Waals surface area (Å²) in [6, 6.07) is 1.33. The molecule has 0 unspecified atom stereocenters. The van der Waals surface area contributed by atoms with Crippen LogP contribution >= 0.6 is 0 Å². The van der Waals surface area contributed by atoms with Gasteiger partial charge in [0.05, 0.1) is 11.1 Å². The van der Waals surface area contributed by atoms with Crippen molar-refractivity contribution < 1.29 is 44.7 Å². The minimum absolute atomic E-state index is 0.128. The molecule has 0 bridgehead atoms. The van der Waals surface area contributed by atoms with Gasteiger partial charge in [-0.25, -0.2) is 8.78 Å². The third-order valence-electron chi connectivity index (χ3n) is 3.19. The number of rotatable bonds is 4. The molecule has 0 atom stereocenters. The van der Waals surface area contributed by atoms with Gasteiger partial charge in [0.2, 0.25) is 0 Å². The van der Waals surface area contributed by atoms with Crippen LogP contribution < -0.4 is 4.74 Å². The molecular weight excluding hydrogens is 400 g/mol. The van der Waals surface area contributed by atoms with Gasteiger partial charge in [0, 0.05) is 12.5 Å². The molecule has 0 radical (unpaired) electrons. The third-order valence-corrected chi connectivity index (χ3v) is 3.19. The summed E-state index contributed by atoms with van der Waals surface area (Å²) in [7, 11) is 0. The zero-order valence-corrected chi connectivity index (χ0v) is 14.5. The number of halogens is 8. The first-order chi connectivity index (χ1) is 12.9. The fraction of sp³-hybridized carbons (Fsp3) is 0.278. The van der Waals surface area contributed by atoms with E-state index in [1.165, 1.54) is 0 Å². The Kier molecular flexibility index (Phi) is 7.54. The van der Waals surface area contributed by atoms with Crippen molar-refractivity contribution in [3.05, 3.63) is 58.7 Å². The fourth-order valence-corrected chi connectivity index (χ4v) is 2.01. The van der Waals surface area contributed by atoms with Crippen LogP contribution in [0.1, 0.15) is 30.5 Å². The highest BCUT2D eigenvalue weighted by Gasteiger charge is 2.37. The lowest BCUT2D eigenvalue weighted by Crippen LogP contribution is -2.11. The SMILES string of the molecule is CC.O=CCc1cc(F)c(Oc2cc(C(F)(F)F)cc(C(F)(F)F)c2)cc1F. The van der Waals surface area contributed by atoms with Gasteiger partial charge in [0.1, 0.15) is 17.9 Å². The molecule has 0 aliphatic carbocycles. The Morgan fingerprint density at radius 1 is 0.821 bits per heavy atom. The lowest BCUT2D eigenvalue weighted by atomic mass is 10.1. The number of alkyl halides is 6. The summed E-state index contributed by atoms with van der Waals surface area (Å²) < 4.78 is 109. The molecular formula is C18H14F8O2. The number of benzene rings is 2. The lowest BCUT2D eigenvalue weighted by molar-refractivity contribution is -0.143. The first kappa shape index (κ1) is 23.4. The molecule has 28 heavy (non-hydrogen) atoms. The largest absolute Gasteiger partial charge is 0.454 e. The average Bonchev–Trinajstić information content (AvgIpc) is 2.59. The molecule has 0 saturated carbocycles. The third kappa shape index (κ3) is 5.93. The van der Waals surface area contributed by atoms with E-state index in [1.54, 1.807) is 0 Å². The lowest BCUT2D eigenvalue weighted by Gasteiger charge is -2.15. The van der Waals surface area contributed by atoms with Gasteiger partial charge in [-0.2, -0.15) is 26.3 Å². The molecule has 2 rings (SSSR count). The molecule has 10 heteroatoms. The van der Waals surface area contributed by atoms with E-state index in [9.17, 15) is 39.9 Å².